The maximum Gasteiger partial charge on any atom is 0.159 e. The Labute approximate surface area is 219 Å². The van der Waals surface area contributed by atoms with Crippen LogP contribution in [-0.4, -0.2) is 77.1 Å². The van der Waals surface area contributed by atoms with E-state index in [0.29, 0.717) is 6.04 Å². The number of rotatable bonds is 6. The van der Waals surface area contributed by atoms with Crippen molar-refractivity contribution in [3.8, 4) is 11.4 Å². The van der Waals surface area contributed by atoms with Crippen LogP contribution in [0.4, 0.5) is 11.4 Å². The Morgan fingerprint density at radius 2 is 1.83 bits per heavy atom. The number of benzene rings is 1. The van der Waals surface area contributed by atoms with Crippen LogP contribution in [0, 0.1) is 0 Å². The number of aromatic amines is 1. The fourth-order valence-corrected chi connectivity index (χ4v) is 5.58. The van der Waals surface area contributed by atoms with E-state index in [1.807, 2.05) is 18.3 Å². The van der Waals surface area contributed by atoms with Crippen molar-refractivity contribution in [1.82, 2.24) is 24.8 Å². The van der Waals surface area contributed by atoms with Gasteiger partial charge < -0.3 is 24.5 Å². The molecular formula is C27H32BrN7O. The van der Waals surface area contributed by atoms with Crippen LogP contribution in [0.3, 0.4) is 0 Å². The van der Waals surface area contributed by atoms with Gasteiger partial charge in [0.05, 0.1) is 23.0 Å². The van der Waals surface area contributed by atoms with E-state index in [0.717, 1.165) is 97.1 Å². The third kappa shape index (κ3) is 5.00. The predicted molar refractivity (Wildman–Crippen MR) is 147 cm³/mol. The van der Waals surface area contributed by atoms with Crippen molar-refractivity contribution in [2.24, 2.45) is 0 Å². The summed E-state index contributed by atoms with van der Waals surface area (Å²) in [5.74, 6) is 1.88. The van der Waals surface area contributed by atoms with Gasteiger partial charge in [0, 0.05) is 49.7 Å². The van der Waals surface area contributed by atoms with Crippen LogP contribution in [-0.2, 0) is 6.54 Å². The van der Waals surface area contributed by atoms with Crippen molar-refractivity contribution in [3.05, 3.63) is 59.1 Å². The van der Waals surface area contributed by atoms with Crippen molar-refractivity contribution in [1.29, 1.82) is 0 Å². The van der Waals surface area contributed by atoms with E-state index in [9.17, 15) is 0 Å². The van der Waals surface area contributed by atoms with Crippen LogP contribution in [0.5, 0.6) is 0 Å². The molecule has 0 spiro atoms. The van der Waals surface area contributed by atoms with Gasteiger partial charge in [-0.2, -0.15) is 0 Å². The summed E-state index contributed by atoms with van der Waals surface area (Å²) in [6.07, 6.45) is 5.86. The second kappa shape index (κ2) is 10.2. The molecule has 0 saturated carbocycles. The maximum atomic E-state index is 5.50. The first-order valence-corrected chi connectivity index (χ1v) is 13.5. The number of anilines is 2. The number of fused-ring (bicyclic) bond motifs is 1. The van der Waals surface area contributed by atoms with Gasteiger partial charge in [-0.05, 0) is 85.3 Å². The van der Waals surface area contributed by atoms with Crippen LogP contribution in [0.2, 0.25) is 0 Å². The van der Waals surface area contributed by atoms with E-state index in [-0.39, 0.29) is 0 Å². The molecule has 2 N–H and O–H groups in total. The zero-order chi connectivity index (χ0) is 24.5. The summed E-state index contributed by atoms with van der Waals surface area (Å²) in [5.41, 5.74) is 5.03. The van der Waals surface area contributed by atoms with Gasteiger partial charge in [-0.15, -0.1) is 0 Å². The summed E-state index contributed by atoms with van der Waals surface area (Å²) in [5, 5.41) is 3.73. The van der Waals surface area contributed by atoms with Gasteiger partial charge in [-0.1, -0.05) is 0 Å². The van der Waals surface area contributed by atoms with Gasteiger partial charge in [-0.3, -0.25) is 4.90 Å². The Morgan fingerprint density at radius 1 is 1.06 bits per heavy atom. The zero-order valence-electron chi connectivity index (χ0n) is 20.6. The number of piperazine rings is 1. The standard InChI is InChI=1S/C27H32BrN7O/c1-33-10-8-20(9-11-33)30-24-23(28)17-29-27-25(24)31-26(32-27)19-4-6-21(7-5-19)35-14-12-34(13-15-35)18-22-3-2-16-36-22/h2-7,16-17,20H,8-15,18H2,1H3,(H2,29,30,31,32). The second-order valence-corrected chi connectivity index (χ2v) is 10.7. The first-order chi connectivity index (χ1) is 17.6. The van der Waals surface area contributed by atoms with E-state index >= 15 is 0 Å². The number of nitrogens with one attached hydrogen (secondary N) is 2. The second-order valence-electron chi connectivity index (χ2n) is 9.88. The summed E-state index contributed by atoms with van der Waals surface area (Å²) >= 11 is 3.69. The monoisotopic (exact) mass is 549 g/mol. The Balaban J connectivity index is 1.14. The molecule has 188 valence electrons. The predicted octanol–water partition coefficient (Wildman–Crippen LogP) is 4.81. The van der Waals surface area contributed by atoms with Crippen molar-refractivity contribution in [2.75, 3.05) is 56.5 Å². The summed E-state index contributed by atoms with van der Waals surface area (Å²) in [7, 11) is 2.19. The molecule has 1 aromatic carbocycles. The Morgan fingerprint density at radius 3 is 2.56 bits per heavy atom. The Kier molecular flexibility index (Phi) is 6.69. The van der Waals surface area contributed by atoms with Gasteiger partial charge in [0.25, 0.3) is 0 Å². The molecule has 6 rings (SSSR count). The van der Waals surface area contributed by atoms with E-state index in [2.05, 4.69) is 77.2 Å². The summed E-state index contributed by atoms with van der Waals surface area (Å²) in [4.78, 5) is 20.2. The number of pyridine rings is 1. The van der Waals surface area contributed by atoms with Crippen LogP contribution < -0.4 is 10.2 Å². The summed E-state index contributed by atoms with van der Waals surface area (Å²) < 4.78 is 6.46. The smallest absolute Gasteiger partial charge is 0.159 e. The SMILES string of the molecule is CN1CCC(Nc2c(Br)cnc3[nH]c(-c4ccc(N5CCN(Cc6ccco6)CC5)cc4)nc23)CC1. The van der Waals surface area contributed by atoms with E-state index in [4.69, 9.17) is 9.40 Å². The molecule has 8 nitrogen and oxygen atoms in total. The van der Waals surface area contributed by atoms with Crippen molar-refractivity contribution in [2.45, 2.75) is 25.4 Å². The number of likely N-dealkylation sites (tertiary alicyclic amines) is 1. The third-order valence-electron chi connectivity index (χ3n) is 7.37. The minimum atomic E-state index is 0.446. The molecule has 0 aliphatic carbocycles. The van der Waals surface area contributed by atoms with Crippen LogP contribution in [0.15, 0.2) is 57.7 Å². The quantitative estimate of drug-likeness (QED) is 0.357. The molecule has 9 heteroatoms. The topological polar surface area (TPSA) is 76.5 Å². The number of halogens is 1. The number of piperidine rings is 1. The first kappa shape index (κ1) is 23.5. The Hall–Kier alpha value is -2.88. The lowest BCUT2D eigenvalue weighted by molar-refractivity contribution is 0.230. The largest absolute Gasteiger partial charge is 0.468 e. The molecule has 2 aliphatic heterocycles. The highest BCUT2D eigenvalue weighted by Crippen LogP contribution is 2.33. The number of hydrogen-bond donors (Lipinski definition) is 2. The van der Waals surface area contributed by atoms with Crippen LogP contribution in [0.1, 0.15) is 18.6 Å². The van der Waals surface area contributed by atoms with Gasteiger partial charge in [0.1, 0.15) is 17.1 Å². The Bertz CT molecular complexity index is 1290. The third-order valence-corrected chi connectivity index (χ3v) is 7.97. The number of H-pyrrole nitrogens is 1. The molecule has 2 fully saturated rings. The molecular weight excluding hydrogens is 518 g/mol. The average molecular weight is 551 g/mol. The lowest BCUT2D eigenvalue weighted by Crippen LogP contribution is -2.45. The normalized spacial score (nSPS) is 18.2. The lowest BCUT2D eigenvalue weighted by atomic mass is 10.1. The average Bonchev–Trinajstić information content (AvgIpc) is 3.58. The van der Waals surface area contributed by atoms with Crippen molar-refractivity contribution >= 4 is 38.5 Å². The first-order valence-electron chi connectivity index (χ1n) is 12.7. The molecule has 36 heavy (non-hydrogen) atoms. The molecule has 0 bridgehead atoms. The zero-order valence-corrected chi connectivity index (χ0v) is 22.2. The minimum Gasteiger partial charge on any atom is -0.468 e. The molecule has 4 aromatic rings. The molecule has 0 atom stereocenters. The highest BCUT2D eigenvalue weighted by molar-refractivity contribution is 9.10. The maximum absolute atomic E-state index is 5.50. The van der Waals surface area contributed by atoms with Gasteiger partial charge >= 0.3 is 0 Å². The number of aromatic nitrogens is 3. The highest BCUT2D eigenvalue weighted by atomic mass is 79.9. The fourth-order valence-electron chi connectivity index (χ4n) is 5.18. The molecule has 5 heterocycles. The van der Waals surface area contributed by atoms with Gasteiger partial charge in [-0.25, -0.2) is 9.97 Å². The minimum absolute atomic E-state index is 0.446. The molecule has 3 aromatic heterocycles. The lowest BCUT2D eigenvalue weighted by Gasteiger charge is -2.35. The fraction of sp³-hybridized carbons (Fsp3) is 0.407. The number of hydrogen-bond acceptors (Lipinski definition) is 7. The highest BCUT2D eigenvalue weighted by Gasteiger charge is 2.21. The molecule has 0 amide bonds. The summed E-state index contributed by atoms with van der Waals surface area (Å²) in [6.45, 7) is 7.18. The molecule has 0 unspecified atom stereocenters. The summed E-state index contributed by atoms with van der Waals surface area (Å²) in [6, 6.07) is 13.2. The van der Waals surface area contributed by atoms with Gasteiger partial charge in [0.2, 0.25) is 0 Å². The van der Waals surface area contributed by atoms with Crippen molar-refractivity contribution in [3.63, 3.8) is 0 Å². The number of furan rings is 1. The molecule has 2 saturated heterocycles. The number of imidazole rings is 1. The molecule has 2 aliphatic rings. The number of nitrogens with zero attached hydrogens (tertiary/aromatic N) is 5. The van der Waals surface area contributed by atoms with E-state index < -0.39 is 0 Å². The van der Waals surface area contributed by atoms with Crippen LogP contribution >= 0.6 is 15.9 Å². The van der Waals surface area contributed by atoms with Gasteiger partial charge in [0.15, 0.2) is 5.65 Å². The van der Waals surface area contributed by atoms with Crippen molar-refractivity contribution < 1.29 is 4.42 Å². The van der Waals surface area contributed by atoms with E-state index in [1.165, 1.54) is 5.69 Å². The molecule has 0 radical (unpaired) electrons. The van der Waals surface area contributed by atoms with E-state index in [1.54, 1.807) is 6.26 Å². The van der Waals surface area contributed by atoms with Crippen LogP contribution in [0.25, 0.3) is 22.6 Å².